The van der Waals surface area contributed by atoms with E-state index in [-0.39, 0.29) is 12.3 Å². The summed E-state index contributed by atoms with van der Waals surface area (Å²) in [5.41, 5.74) is 3.53. The molecule has 0 unspecified atom stereocenters. The first-order chi connectivity index (χ1) is 15.9. The Hall–Kier alpha value is -2.83. The molecule has 0 aliphatic heterocycles. The van der Waals surface area contributed by atoms with Crippen molar-refractivity contribution in [1.29, 1.82) is 0 Å². The van der Waals surface area contributed by atoms with E-state index in [4.69, 9.17) is 14.6 Å². The molecule has 2 atom stereocenters. The highest BCUT2D eigenvalue weighted by atomic mass is 32.1. The van der Waals surface area contributed by atoms with Crippen LogP contribution in [-0.4, -0.2) is 30.4 Å². The lowest BCUT2D eigenvalue weighted by atomic mass is 9.85. The second kappa shape index (κ2) is 11.9. The maximum atomic E-state index is 11.4. The van der Waals surface area contributed by atoms with Gasteiger partial charge in [0.15, 0.2) is 0 Å². The molecule has 0 radical (unpaired) electrons. The lowest BCUT2D eigenvalue weighted by Crippen LogP contribution is -2.16. The third kappa shape index (κ3) is 6.83. The van der Waals surface area contributed by atoms with Crippen molar-refractivity contribution >= 4 is 17.3 Å². The van der Waals surface area contributed by atoms with Crippen molar-refractivity contribution in [3.05, 3.63) is 81.0 Å². The summed E-state index contributed by atoms with van der Waals surface area (Å²) in [5, 5.41) is 22.5. The second-order valence-corrected chi connectivity index (χ2v) is 9.35. The zero-order valence-corrected chi connectivity index (χ0v) is 20.2. The molecule has 0 aliphatic carbocycles. The minimum Gasteiger partial charge on any atom is -0.496 e. The highest BCUT2D eigenvalue weighted by molar-refractivity contribution is 7.09. The van der Waals surface area contributed by atoms with Gasteiger partial charge in [0.05, 0.1) is 26.7 Å². The van der Waals surface area contributed by atoms with Gasteiger partial charge in [-0.25, -0.2) is 0 Å². The van der Waals surface area contributed by atoms with Gasteiger partial charge < -0.3 is 19.7 Å². The van der Waals surface area contributed by atoms with Crippen LogP contribution in [0.15, 0.2) is 53.9 Å². The molecule has 2 aromatic carbocycles. The molecule has 0 fully saturated rings. The van der Waals surface area contributed by atoms with E-state index in [0.29, 0.717) is 17.9 Å². The number of aryl methyl sites for hydroxylation is 1. The van der Waals surface area contributed by atoms with Crippen LogP contribution >= 0.6 is 11.3 Å². The summed E-state index contributed by atoms with van der Waals surface area (Å²) < 4.78 is 11.0. The topological polar surface area (TPSA) is 76.0 Å². The predicted octanol–water partition coefficient (Wildman–Crippen LogP) is 5.62. The lowest BCUT2D eigenvalue weighted by molar-refractivity contribution is -0.136. The van der Waals surface area contributed by atoms with Crippen molar-refractivity contribution in [1.82, 2.24) is 0 Å². The zero-order chi connectivity index (χ0) is 23.8. The van der Waals surface area contributed by atoms with Gasteiger partial charge >= 0.3 is 5.97 Å². The van der Waals surface area contributed by atoms with Crippen molar-refractivity contribution < 1.29 is 24.5 Å². The molecule has 2 N–H and O–H groups in total. The number of carboxylic acid groups (broad SMARTS) is 1. The SMILES string of the molecule is COc1cc([C@@H](O)[C@@H](CCCc2cccs2)Cc2ccc(CC(=O)O)cc2)cc(OC)c1C. The zero-order valence-electron chi connectivity index (χ0n) is 19.4. The predicted molar refractivity (Wildman–Crippen MR) is 131 cm³/mol. The third-order valence-electron chi connectivity index (χ3n) is 6.02. The molecule has 6 heteroatoms. The van der Waals surface area contributed by atoms with Crippen molar-refractivity contribution in [3.8, 4) is 11.5 Å². The highest BCUT2D eigenvalue weighted by Crippen LogP contribution is 2.36. The van der Waals surface area contributed by atoms with Crippen LogP contribution in [0.25, 0.3) is 0 Å². The molecule has 0 saturated carbocycles. The lowest BCUT2D eigenvalue weighted by Gasteiger charge is -2.25. The molecule has 5 nitrogen and oxygen atoms in total. The second-order valence-electron chi connectivity index (χ2n) is 8.32. The highest BCUT2D eigenvalue weighted by Gasteiger charge is 2.24. The van der Waals surface area contributed by atoms with E-state index in [1.54, 1.807) is 25.6 Å². The average molecular weight is 469 g/mol. The summed E-state index contributed by atoms with van der Waals surface area (Å²) in [7, 11) is 3.24. The minimum atomic E-state index is -0.841. The molecule has 0 amide bonds. The number of hydrogen-bond donors (Lipinski definition) is 2. The molecule has 0 spiro atoms. The fraction of sp³-hybridized carbons (Fsp3) is 0.370. The Bertz CT molecular complexity index is 1000. The summed E-state index contributed by atoms with van der Waals surface area (Å²) in [5.74, 6) is 0.539. The van der Waals surface area contributed by atoms with Crippen molar-refractivity contribution in [2.75, 3.05) is 14.2 Å². The number of ether oxygens (including phenoxy) is 2. The first-order valence-corrected chi connectivity index (χ1v) is 12.0. The van der Waals surface area contributed by atoms with E-state index in [1.807, 2.05) is 43.3 Å². The van der Waals surface area contributed by atoms with Crippen LogP contribution in [-0.2, 0) is 24.1 Å². The molecule has 176 valence electrons. The summed E-state index contributed by atoms with van der Waals surface area (Å²) >= 11 is 1.76. The fourth-order valence-electron chi connectivity index (χ4n) is 4.18. The van der Waals surface area contributed by atoms with Gasteiger partial charge in [0.25, 0.3) is 0 Å². The van der Waals surface area contributed by atoms with Crippen LogP contribution in [0.2, 0.25) is 0 Å². The summed E-state index contributed by atoms with van der Waals surface area (Å²) in [6, 6.07) is 15.6. The van der Waals surface area contributed by atoms with Crippen LogP contribution in [0.3, 0.4) is 0 Å². The molecule has 0 saturated heterocycles. The van der Waals surface area contributed by atoms with Crippen molar-refractivity contribution in [2.45, 2.75) is 45.1 Å². The van der Waals surface area contributed by atoms with E-state index in [1.165, 1.54) is 4.88 Å². The number of aliphatic hydroxyl groups excluding tert-OH is 1. The van der Waals surface area contributed by atoms with E-state index in [9.17, 15) is 9.90 Å². The Morgan fingerprint density at radius 2 is 1.67 bits per heavy atom. The van der Waals surface area contributed by atoms with E-state index >= 15 is 0 Å². The van der Waals surface area contributed by atoms with Crippen LogP contribution < -0.4 is 9.47 Å². The monoisotopic (exact) mass is 468 g/mol. The fourth-order valence-corrected chi connectivity index (χ4v) is 4.94. The van der Waals surface area contributed by atoms with Gasteiger partial charge in [-0.15, -0.1) is 11.3 Å². The molecule has 33 heavy (non-hydrogen) atoms. The first-order valence-electron chi connectivity index (χ1n) is 11.1. The van der Waals surface area contributed by atoms with Crippen molar-refractivity contribution in [2.24, 2.45) is 5.92 Å². The number of benzene rings is 2. The number of methoxy groups -OCH3 is 2. The molecule has 0 bridgehead atoms. The Kier molecular flexibility index (Phi) is 8.92. The molecule has 3 aromatic rings. The first kappa shape index (κ1) is 24.8. The molecule has 0 aliphatic rings. The largest absolute Gasteiger partial charge is 0.496 e. The summed E-state index contributed by atoms with van der Waals surface area (Å²) in [6.07, 6.45) is 2.83. The molecular weight excluding hydrogens is 436 g/mol. The number of carbonyl (C=O) groups is 1. The molecule has 3 rings (SSSR count). The van der Waals surface area contributed by atoms with Gasteiger partial charge in [0.1, 0.15) is 11.5 Å². The van der Waals surface area contributed by atoms with Gasteiger partial charge in [0, 0.05) is 10.4 Å². The smallest absolute Gasteiger partial charge is 0.307 e. The number of thiophene rings is 1. The molecule has 1 heterocycles. The number of aliphatic carboxylic acids is 1. The maximum absolute atomic E-state index is 11.4. The Morgan fingerprint density at radius 3 is 2.21 bits per heavy atom. The van der Waals surface area contributed by atoms with Gasteiger partial charge in [-0.3, -0.25) is 4.79 Å². The van der Waals surface area contributed by atoms with Gasteiger partial charge in [0.2, 0.25) is 0 Å². The average Bonchev–Trinajstić information content (AvgIpc) is 3.32. The maximum Gasteiger partial charge on any atom is 0.307 e. The summed E-state index contributed by atoms with van der Waals surface area (Å²) in [4.78, 5) is 12.3. The van der Waals surface area contributed by atoms with E-state index < -0.39 is 12.1 Å². The number of rotatable bonds is 12. The Balaban J connectivity index is 1.81. The van der Waals surface area contributed by atoms with E-state index in [0.717, 1.165) is 41.5 Å². The van der Waals surface area contributed by atoms with Gasteiger partial charge in [-0.2, -0.15) is 0 Å². The number of aliphatic hydroxyl groups is 1. The molecule has 1 aromatic heterocycles. The quantitative estimate of drug-likeness (QED) is 0.361. The number of carboxylic acids is 1. The summed E-state index contributed by atoms with van der Waals surface area (Å²) in [6.45, 7) is 1.94. The van der Waals surface area contributed by atoms with Crippen LogP contribution in [0.4, 0.5) is 0 Å². The third-order valence-corrected chi connectivity index (χ3v) is 6.95. The Labute approximate surface area is 199 Å². The van der Waals surface area contributed by atoms with Crippen LogP contribution in [0.5, 0.6) is 11.5 Å². The van der Waals surface area contributed by atoms with Gasteiger partial charge in [-0.05, 0) is 78.8 Å². The minimum absolute atomic E-state index is 0.00703. The standard InChI is InChI=1S/C27H32O5S/c1-18-24(31-2)16-22(17-25(18)32-3)27(30)21(6-4-7-23-8-5-13-33-23)14-19-9-11-20(12-10-19)15-26(28)29/h5,8-13,16-17,21,27,30H,4,6-7,14-15H2,1-3H3,(H,28,29)/t21-,27-/m0/s1. The van der Waals surface area contributed by atoms with Crippen LogP contribution in [0, 0.1) is 12.8 Å². The van der Waals surface area contributed by atoms with Crippen LogP contribution in [0.1, 0.15) is 46.1 Å². The van der Waals surface area contributed by atoms with Gasteiger partial charge in [-0.1, -0.05) is 30.3 Å². The Morgan fingerprint density at radius 1 is 1.03 bits per heavy atom. The molecular formula is C27H32O5S. The number of hydrogen-bond acceptors (Lipinski definition) is 5. The van der Waals surface area contributed by atoms with Crippen molar-refractivity contribution in [3.63, 3.8) is 0 Å². The normalized spacial score (nSPS) is 12.8. The van der Waals surface area contributed by atoms with E-state index in [2.05, 4.69) is 17.5 Å².